The van der Waals surface area contributed by atoms with Crippen LogP contribution >= 0.6 is 0 Å². The molecular formula is C16H17N2O2S. The third-order valence-electron chi connectivity index (χ3n) is 3.69. The van der Waals surface area contributed by atoms with Crippen molar-refractivity contribution in [3.05, 3.63) is 66.6 Å². The lowest BCUT2D eigenvalue weighted by molar-refractivity contribution is 0.585. The highest BCUT2D eigenvalue weighted by Gasteiger charge is 2.36. The van der Waals surface area contributed by atoms with E-state index in [2.05, 4.69) is 12.3 Å². The van der Waals surface area contributed by atoms with Crippen molar-refractivity contribution in [3.63, 3.8) is 0 Å². The number of hydrogen-bond acceptors (Lipinski definition) is 4. The standard InChI is InChI=1S/C16H17N2O2S/c1-12-7-3-5-9-14(12)17-18-15-10-6-4-8-13(15)11-16(18)21(2,19)20/h3-10,16-17H,1,11H2,2H3. The second kappa shape index (κ2) is 5.07. The molecule has 109 valence electrons. The lowest BCUT2D eigenvalue weighted by Crippen LogP contribution is -2.42. The number of hydrogen-bond donors (Lipinski definition) is 1. The zero-order valence-electron chi connectivity index (χ0n) is 11.8. The van der Waals surface area contributed by atoms with Crippen molar-refractivity contribution in [2.45, 2.75) is 11.8 Å². The highest BCUT2D eigenvalue weighted by atomic mass is 32.2. The molecule has 1 heterocycles. The van der Waals surface area contributed by atoms with Gasteiger partial charge in [-0.3, -0.25) is 10.4 Å². The third-order valence-corrected chi connectivity index (χ3v) is 5.05. The van der Waals surface area contributed by atoms with E-state index in [1.54, 1.807) is 5.01 Å². The van der Waals surface area contributed by atoms with Crippen molar-refractivity contribution >= 4 is 21.2 Å². The van der Waals surface area contributed by atoms with Crippen LogP contribution in [0.3, 0.4) is 0 Å². The van der Waals surface area contributed by atoms with Crippen LogP contribution in [-0.2, 0) is 16.3 Å². The lowest BCUT2D eigenvalue weighted by Gasteiger charge is -2.28. The Kier molecular flexibility index (Phi) is 3.37. The molecule has 1 radical (unpaired) electrons. The molecule has 0 spiro atoms. The zero-order chi connectivity index (χ0) is 15.0. The fraction of sp³-hybridized carbons (Fsp3) is 0.188. The van der Waals surface area contributed by atoms with E-state index in [1.165, 1.54) is 6.26 Å². The average Bonchev–Trinajstić information content (AvgIpc) is 2.80. The summed E-state index contributed by atoms with van der Waals surface area (Å²) in [5, 5.41) is 1.13. The molecule has 1 aliphatic heterocycles. The molecule has 1 atom stereocenters. The van der Waals surface area contributed by atoms with Crippen molar-refractivity contribution in [3.8, 4) is 0 Å². The van der Waals surface area contributed by atoms with Gasteiger partial charge in [-0.25, -0.2) is 8.42 Å². The van der Waals surface area contributed by atoms with Crippen LogP contribution < -0.4 is 10.4 Å². The lowest BCUT2D eigenvalue weighted by atomic mass is 10.2. The molecule has 1 N–H and O–H groups in total. The number of benzene rings is 2. The molecule has 0 saturated carbocycles. The number of nitrogens with one attached hydrogen (secondary N) is 1. The van der Waals surface area contributed by atoms with Crippen LogP contribution in [0.5, 0.6) is 0 Å². The molecule has 4 nitrogen and oxygen atoms in total. The number of para-hydroxylation sites is 2. The number of sulfone groups is 1. The normalized spacial score (nSPS) is 17.6. The van der Waals surface area contributed by atoms with Gasteiger partial charge in [-0.1, -0.05) is 36.4 Å². The molecule has 0 bridgehead atoms. The predicted molar refractivity (Wildman–Crippen MR) is 85.8 cm³/mol. The number of hydrazine groups is 1. The number of anilines is 2. The molecule has 1 aliphatic rings. The van der Waals surface area contributed by atoms with Crippen molar-refractivity contribution in [2.24, 2.45) is 0 Å². The van der Waals surface area contributed by atoms with Gasteiger partial charge in [0.05, 0.1) is 11.4 Å². The van der Waals surface area contributed by atoms with Crippen LogP contribution in [0.15, 0.2) is 48.5 Å². The minimum absolute atomic E-state index is 0.487. The summed E-state index contributed by atoms with van der Waals surface area (Å²) in [4.78, 5) is 0. The smallest absolute Gasteiger partial charge is 0.170 e. The summed E-state index contributed by atoms with van der Waals surface area (Å²) in [7, 11) is -3.21. The van der Waals surface area contributed by atoms with Crippen molar-refractivity contribution in [1.29, 1.82) is 0 Å². The van der Waals surface area contributed by atoms with Gasteiger partial charge in [0.15, 0.2) is 15.2 Å². The van der Waals surface area contributed by atoms with Gasteiger partial charge in [0.25, 0.3) is 0 Å². The van der Waals surface area contributed by atoms with E-state index in [9.17, 15) is 8.42 Å². The molecule has 0 aliphatic carbocycles. The fourth-order valence-electron chi connectivity index (χ4n) is 2.59. The van der Waals surface area contributed by atoms with Gasteiger partial charge < -0.3 is 0 Å². The van der Waals surface area contributed by atoms with E-state index in [1.807, 2.05) is 48.5 Å². The molecule has 0 saturated heterocycles. The molecule has 2 aromatic carbocycles. The second-order valence-corrected chi connectivity index (χ2v) is 7.46. The second-order valence-electron chi connectivity index (χ2n) is 5.26. The summed E-state index contributed by atoms with van der Waals surface area (Å²) in [5.41, 5.74) is 6.78. The first-order valence-corrected chi connectivity index (χ1v) is 8.66. The molecule has 1 unspecified atom stereocenters. The minimum Gasteiger partial charge on any atom is -0.297 e. The molecule has 3 rings (SSSR count). The van der Waals surface area contributed by atoms with Gasteiger partial charge in [0, 0.05) is 12.7 Å². The largest absolute Gasteiger partial charge is 0.297 e. The summed E-state index contributed by atoms with van der Waals surface area (Å²) in [6.07, 6.45) is 1.76. The van der Waals surface area contributed by atoms with Crippen molar-refractivity contribution in [2.75, 3.05) is 16.7 Å². The Morgan fingerprint density at radius 3 is 2.52 bits per heavy atom. The maximum absolute atomic E-state index is 12.1. The van der Waals surface area contributed by atoms with E-state index >= 15 is 0 Å². The number of fused-ring (bicyclic) bond motifs is 1. The quantitative estimate of drug-likeness (QED) is 0.947. The van der Waals surface area contributed by atoms with Gasteiger partial charge in [0.1, 0.15) is 0 Å². The molecule has 0 fully saturated rings. The number of nitrogens with zero attached hydrogens (tertiary/aromatic N) is 1. The van der Waals surface area contributed by atoms with Crippen LogP contribution in [0.1, 0.15) is 11.1 Å². The first-order chi connectivity index (χ1) is 9.97. The highest BCUT2D eigenvalue weighted by molar-refractivity contribution is 7.91. The Hall–Kier alpha value is -2.01. The monoisotopic (exact) mass is 301 g/mol. The van der Waals surface area contributed by atoms with Gasteiger partial charge in [-0.05, 0) is 30.2 Å². The van der Waals surface area contributed by atoms with E-state index in [4.69, 9.17) is 0 Å². The van der Waals surface area contributed by atoms with Gasteiger partial charge in [-0.2, -0.15) is 0 Å². The summed E-state index contributed by atoms with van der Waals surface area (Å²) in [6, 6.07) is 15.3. The topological polar surface area (TPSA) is 49.4 Å². The summed E-state index contributed by atoms with van der Waals surface area (Å²) >= 11 is 0. The average molecular weight is 301 g/mol. The minimum atomic E-state index is -3.21. The molecule has 0 amide bonds. The van der Waals surface area contributed by atoms with Gasteiger partial charge >= 0.3 is 0 Å². The highest BCUT2D eigenvalue weighted by Crippen LogP contribution is 2.34. The van der Waals surface area contributed by atoms with Gasteiger partial charge in [0.2, 0.25) is 0 Å². The van der Waals surface area contributed by atoms with Crippen molar-refractivity contribution < 1.29 is 8.42 Å². The molecule has 2 aromatic rings. The van der Waals surface area contributed by atoms with E-state index in [0.717, 1.165) is 22.5 Å². The van der Waals surface area contributed by atoms with Gasteiger partial charge in [-0.15, -0.1) is 0 Å². The number of rotatable bonds is 3. The van der Waals surface area contributed by atoms with Crippen LogP contribution in [0.2, 0.25) is 0 Å². The maximum Gasteiger partial charge on any atom is 0.170 e. The van der Waals surface area contributed by atoms with Crippen LogP contribution in [0.25, 0.3) is 0 Å². The maximum atomic E-state index is 12.1. The SMILES string of the molecule is [CH2]c1ccccc1NN1c2ccccc2CC1S(C)(=O)=O. The Balaban J connectivity index is 2.02. The molecule has 5 heteroatoms. The molecule has 21 heavy (non-hydrogen) atoms. The Labute approximate surface area is 125 Å². The van der Waals surface area contributed by atoms with E-state index < -0.39 is 15.2 Å². The summed E-state index contributed by atoms with van der Waals surface area (Å²) in [6.45, 7) is 3.97. The van der Waals surface area contributed by atoms with Crippen LogP contribution in [-0.4, -0.2) is 20.0 Å². The van der Waals surface area contributed by atoms with E-state index in [-0.39, 0.29) is 0 Å². The van der Waals surface area contributed by atoms with E-state index in [0.29, 0.717) is 6.42 Å². The predicted octanol–water partition coefficient (Wildman–Crippen LogP) is 2.63. The molecule has 0 aromatic heterocycles. The fourth-order valence-corrected chi connectivity index (χ4v) is 3.62. The van der Waals surface area contributed by atoms with Crippen LogP contribution in [0.4, 0.5) is 11.4 Å². The summed E-state index contributed by atoms with van der Waals surface area (Å²) < 4.78 is 24.2. The third kappa shape index (κ3) is 2.61. The summed E-state index contributed by atoms with van der Waals surface area (Å²) in [5.74, 6) is 0. The first-order valence-electron chi connectivity index (χ1n) is 6.70. The van der Waals surface area contributed by atoms with Crippen LogP contribution in [0, 0.1) is 6.92 Å². The van der Waals surface area contributed by atoms with Crippen molar-refractivity contribution in [1.82, 2.24) is 0 Å². The Morgan fingerprint density at radius 2 is 1.81 bits per heavy atom. The first kappa shape index (κ1) is 13.9. The molecular weight excluding hydrogens is 284 g/mol. The Bertz CT molecular complexity index is 771. The Morgan fingerprint density at radius 1 is 1.14 bits per heavy atom. The zero-order valence-corrected chi connectivity index (χ0v) is 12.6.